The van der Waals surface area contributed by atoms with E-state index in [1.807, 2.05) is 42.7 Å². The molecule has 0 unspecified atom stereocenters. The van der Waals surface area contributed by atoms with Gasteiger partial charge >= 0.3 is 0 Å². The maximum absolute atomic E-state index is 13.5. The van der Waals surface area contributed by atoms with Gasteiger partial charge in [0.05, 0.1) is 12.0 Å². The first kappa shape index (κ1) is 20.3. The van der Waals surface area contributed by atoms with E-state index in [4.69, 9.17) is 4.98 Å². The molecule has 0 saturated carbocycles. The van der Waals surface area contributed by atoms with Crippen LogP contribution in [0.3, 0.4) is 0 Å². The van der Waals surface area contributed by atoms with Gasteiger partial charge in [0.2, 0.25) is 0 Å². The Kier molecular flexibility index (Phi) is 5.89. The Labute approximate surface area is 186 Å². The molecule has 32 heavy (non-hydrogen) atoms. The molecular formula is C25H25FN6. The molecule has 5 rings (SSSR count). The zero-order valence-corrected chi connectivity index (χ0v) is 17.7. The smallest absolute Gasteiger partial charge is 0.138 e. The first-order chi connectivity index (χ1) is 15.8. The van der Waals surface area contributed by atoms with Crippen LogP contribution in [-0.2, 0) is 0 Å². The first-order valence-corrected chi connectivity index (χ1v) is 10.9. The van der Waals surface area contributed by atoms with Gasteiger partial charge in [-0.15, -0.1) is 0 Å². The van der Waals surface area contributed by atoms with E-state index >= 15 is 0 Å². The molecule has 162 valence electrons. The highest BCUT2D eigenvalue weighted by Crippen LogP contribution is 2.33. The summed E-state index contributed by atoms with van der Waals surface area (Å²) in [4.78, 5) is 13.8. The molecule has 1 fully saturated rings. The molecule has 3 aromatic rings. The average Bonchev–Trinajstić information content (AvgIpc) is 3.24. The predicted molar refractivity (Wildman–Crippen MR) is 127 cm³/mol. The number of aromatic nitrogens is 2. The number of halogens is 1. The molecule has 0 aliphatic carbocycles. The van der Waals surface area contributed by atoms with Gasteiger partial charge in [-0.2, -0.15) is 0 Å². The van der Waals surface area contributed by atoms with Gasteiger partial charge in [-0.25, -0.2) is 19.4 Å². The lowest BCUT2D eigenvalue weighted by Gasteiger charge is -2.26. The van der Waals surface area contributed by atoms with Crippen LogP contribution in [0.15, 0.2) is 82.7 Å². The lowest BCUT2D eigenvalue weighted by Crippen LogP contribution is -2.29. The summed E-state index contributed by atoms with van der Waals surface area (Å²) in [7, 11) is 0. The number of benzene rings is 2. The third-order valence-corrected chi connectivity index (χ3v) is 5.75. The highest BCUT2D eigenvalue weighted by Gasteiger charge is 2.22. The Morgan fingerprint density at radius 3 is 2.59 bits per heavy atom. The summed E-state index contributed by atoms with van der Waals surface area (Å²) in [6.45, 7) is 1.97. The maximum Gasteiger partial charge on any atom is 0.138 e. The number of imidazole rings is 1. The zero-order chi connectivity index (χ0) is 21.8. The summed E-state index contributed by atoms with van der Waals surface area (Å²) in [5.41, 5.74) is 3.57. The van der Waals surface area contributed by atoms with Crippen molar-refractivity contribution >= 4 is 23.6 Å². The third-order valence-electron chi connectivity index (χ3n) is 5.75. The number of allylic oxidation sites excluding steroid dienone is 1. The molecule has 2 aliphatic heterocycles. The van der Waals surface area contributed by atoms with E-state index in [1.165, 1.54) is 12.1 Å². The molecule has 2 N–H and O–H groups in total. The van der Waals surface area contributed by atoms with Crippen LogP contribution in [0.25, 0.3) is 11.3 Å². The van der Waals surface area contributed by atoms with Gasteiger partial charge in [0.1, 0.15) is 23.2 Å². The lowest BCUT2D eigenvalue weighted by molar-refractivity contribution is 0.371. The highest BCUT2D eigenvalue weighted by molar-refractivity contribution is 5.99. The van der Waals surface area contributed by atoms with Crippen molar-refractivity contribution in [2.45, 2.75) is 25.3 Å². The van der Waals surface area contributed by atoms with Crippen molar-refractivity contribution in [3.05, 3.63) is 78.5 Å². The number of anilines is 1. The molecule has 3 heterocycles. The van der Waals surface area contributed by atoms with Crippen LogP contribution >= 0.6 is 0 Å². The van der Waals surface area contributed by atoms with Gasteiger partial charge in [-0.3, -0.25) is 0 Å². The van der Waals surface area contributed by atoms with E-state index in [9.17, 15) is 4.39 Å². The second-order valence-corrected chi connectivity index (χ2v) is 7.97. The second kappa shape index (κ2) is 9.28. The predicted octanol–water partition coefficient (Wildman–Crippen LogP) is 5.11. The quantitative estimate of drug-likeness (QED) is 0.593. The van der Waals surface area contributed by atoms with Crippen LogP contribution in [0.2, 0.25) is 0 Å². The summed E-state index contributed by atoms with van der Waals surface area (Å²) in [6, 6.07) is 16.7. The third kappa shape index (κ3) is 4.53. The molecule has 7 heteroatoms. The van der Waals surface area contributed by atoms with Gasteiger partial charge in [-0.05, 0) is 68.4 Å². The fourth-order valence-electron chi connectivity index (χ4n) is 4.11. The molecule has 6 nitrogen and oxygen atoms in total. The summed E-state index contributed by atoms with van der Waals surface area (Å²) < 4.78 is 15.7. The molecule has 0 radical (unpaired) electrons. The Bertz CT molecular complexity index is 1150. The molecule has 0 atom stereocenters. The molecule has 2 aromatic carbocycles. The first-order valence-electron chi connectivity index (χ1n) is 10.9. The molecule has 0 bridgehead atoms. The van der Waals surface area contributed by atoms with Crippen molar-refractivity contribution in [2.24, 2.45) is 9.98 Å². The van der Waals surface area contributed by atoms with Crippen molar-refractivity contribution in [3.63, 3.8) is 0 Å². The van der Waals surface area contributed by atoms with E-state index in [0.29, 0.717) is 12.5 Å². The van der Waals surface area contributed by atoms with Gasteiger partial charge in [0.15, 0.2) is 0 Å². The van der Waals surface area contributed by atoms with Crippen molar-refractivity contribution < 1.29 is 4.39 Å². The van der Waals surface area contributed by atoms with E-state index < -0.39 is 0 Å². The summed E-state index contributed by atoms with van der Waals surface area (Å²) in [5, 5.41) is 7.02. The minimum absolute atomic E-state index is 0.256. The minimum atomic E-state index is -0.256. The van der Waals surface area contributed by atoms with E-state index in [0.717, 1.165) is 60.2 Å². The molecule has 0 amide bonds. The van der Waals surface area contributed by atoms with Crippen LogP contribution in [0.5, 0.6) is 0 Å². The number of piperidine rings is 1. The fourth-order valence-corrected chi connectivity index (χ4v) is 4.11. The number of amidine groups is 1. The minimum Gasteiger partial charge on any atom is -0.343 e. The molecule has 1 saturated heterocycles. The van der Waals surface area contributed by atoms with Gasteiger partial charge in [0, 0.05) is 29.9 Å². The highest BCUT2D eigenvalue weighted by atomic mass is 19.1. The average molecular weight is 429 g/mol. The van der Waals surface area contributed by atoms with E-state index in [2.05, 4.69) is 25.2 Å². The Morgan fingerprint density at radius 1 is 1.03 bits per heavy atom. The second-order valence-electron chi connectivity index (χ2n) is 7.97. The normalized spacial score (nSPS) is 18.0. The number of dihydropyridines is 1. The summed E-state index contributed by atoms with van der Waals surface area (Å²) in [5.74, 6) is 1.41. The number of aliphatic imine (C=N–C) groups is 2. The van der Waals surface area contributed by atoms with E-state index in [1.54, 1.807) is 18.3 Å². The molecule has 0 spiro atoms. The van der Waals surface area contributed by atoms with Gasteiger partial charge in [-0.1, -0.05) is 18.2 Å². The Morgan fingerprint density at radius 2 is 1.81 bits per heavy atom. The van der Waals surface area contributed by atoms with Crippen molar-refractivity contribution in [1.82, 2.24) is 14.9 Å². The number of hydrogen-bond donors (Lipinski definition) is 2. The van der Waals surface area contributed by atoms with Crippen LogP contribution in [-0.4, -0.2) is 34.7 Å². The van der Waals surface area contributed by atoms with Gasteiger partial charge < -0.3 is 15.2 Å². The van der Waals surface area contributed by atoms with Crippen LogP contribution < -0.4 is 10.6 Å². The summed E-state index contributed by atoms with van der Waals surface area (Å²) in [6.07, 6.45) is 8.30. The lowest BCUT2D eigenvalue weighted by atomic mass is 10.1. The van der Waals surface area contributed by atoms with Gasteiger partial charge in [0.25, 0.3) is 0 Å². The van der Waals surface area contributed by atoms with Crippen molar-refractivity contribution in [1.29, 1.82) is 0 Å². The standard InChI is InChI=1S/C25H25FN6/c26-19-8-6-18(7-9-19)24-25(32(17-29-24)22-11-13-27-14-12-22)31-21-10-15-28-23(16-21)30-20-4-2-1-3-5-20/h1-10,15,17,22,27,31H,11-14,16H2. The fraction of sp³-hybridized carbons (Fsp3) is 0.240. The Hall–Kier alpha value is -3.58. The number of nitrogens with zero attached hydrogens (tertiary/aromatic N) is 4. The van der Waals surface area contributed by atoms with Crippen LogP contribution in [0, 0.1) is 5.82 Å². The Balaban J connectivity index is 1.45. The SMILES string of the molecule is Fc1ccc(-c2ncn(C3CCNCC3)c2NC2=CC=NC(=Nc3ccccc3)C2)cc1. The van der Waals surface area contributed by atoms with Crippen LogP contribution in [0.1, 0.15) is 25.3 Å². The molecule has 2 aliphatic rings. The topological polar surface area (TPSA) is 66.6 Å². The largest absolute Gasteiger partial charge is 0.343 e. The molecule has 1 aromatic heterocycles. The number of hydrogen-bond acceptors (Lipinski definition) is 4. The zero-order valence-electron chi connectivity index (χ0n) is 17.7. The van der Waals surface area contributed by atoms with Crippen molar-refractivity contribution in [2.75, 3.05) is 18.4 Å². The number of nitrogens with one attached hydrogen (secondary N) is 2. The number of para-hydroxylation sites is 1. The molecular weight excluding hydrogens is 403 g/mol. The summed E-state index contributed by atoms with van der Waals surface area (Å²) >= 11 is 0. The van der Waals surface area contributed by atoms with Crippen LogP contribution in [0.4, 0.5) is 15.9 Å². The number of rotatable bonds is 5. The van der Waals surface area contributed by atoms with Crippen molar-refractivity contribution in [3.8, 4) is 11.3 Å². The van der Waals surface area contributed by atoms with E-state index in [-0.39, 0.29) is 5.82 Å². The maximum atomic E-state index is 13.5. The monoisotopic (exact) mass is 428 g/mol.